The molecule has 1 aromatic rings. The van der Waals surface area contributed by atoms with Crippen LogP contribution in [-0.4, -0.2) is 56.9 Å². The van der Waals surface area contributed by atoms with Gasteiger partial charge in [-0.2, -0.15) is 4.31 Å². The number of nitrogens with zero attached hydrogens (tertiary/aromatic N) is 2. The molecule has 0 saturated carbocycles. The minimum Gasteiger partial charge on any atom is -0.329 e. The first-order chi connectivity index (χ1) is 8.95. The van der Waals surface area contributed by atoms with Crippen LogP contribution in [0.25, 0.3) is 0 Å². The lowest BCUT2D eigenvalue weighted by Crippen LogP contribution is -2.56. The summed E-state index contributed by atoms with van der Waals surface area (Å²) in [6.45, 7) is 4.20. The molecule has 1 atom stereocenters. The third kappa shape index (κ3) is 2.97. The van der Waals surface area contributed by atoms with E-state index in [0.717, 1.165) is 12.1 Å². The first-order valence-electron chi connectivity index (χ1n) is 6.42. The highest BCUT2D eigenvalue weighted by Crippen LogP contribution is 2.21. The zero-order valence-corrected chi connectivity index (χ0v) is 12.2. The van der Waals surface area contributed by atoms with Crippen molar-refractivity contribution in [3.63, 3.8) is 0 Å². The molecule has 1 fully saturated rings. The summed E-state index contributed by atoms with van der Waals surface area (Å²) in [7, 11) is -1.45. The summed E-state index contributed by atoms with van der Waals surface area (Å²) in [4.78, 5) is 2.46. The van der Waals surface area contributed by atoms with E-state index in [4.69, 9.17) is 5.73 Å². The molecule has 1 aromatic carbocycles. The molecule has 106 valence electrons. The second kappa shape index (κ2) is 5.58. The van der Waals surface area contributed by atoms with Crippen LogP contribution in [0.1, 0.15) is 5.56 Å². The predicted octanol–water partition coefficient (Wildman–Crippen LogP) is 0.258. The Labute approximate surface area is 115 Å². The molecule has 1 aliphatic heterocycles. The quantitative estimate of drug-likeness (QED) is 0.864. The zero-order valence-electron chi connectivity index (χ0n) is 11.4. The lowest BCUT2D eigenvalue weighted by molar-refractivity contribution is 0.164. The van der Waals surface area contributed by atoms with Gasteiger partial charge in [-0.05, 0) is 26.1 Å². The van der Waals surface area contributed by atoms with Crippen molar-refractivity contribution < 1.29 is 8.42 Å². The summed E-state index contributed by atoms with van der Waals surface area (Å²) in [5.41, 5.74) is 6.77. The average molecular weight is 283 g/mol. The van der Waals surface area contributed by atoms with E-state index in [-0.39, 0.29) is 6.04 Å². The topological polar surface area (TPSA) is 66.6 Å². The van der Waals surface area contributed by atoms with Gasteiger partial charge >= 0.3 is 0 Å². The molecule has 1 aliphatic rings. The molecular weight excluding hydrogens is 262 g/mol. The Kier molecular flexibility index (Phi) is 4.25. The van der Waals surface area contributed by atoms with E-state index in [1.165, 1.54) is 4.31 Å². The molecule has 0 aliphatic carbocycles. The van der Waals surface area contributed by atoms with Crippen LogP contribution < -0.4 is 5.73 Å². The smallest absolute Gasteiger partial charge is 0.243 e. The molecule has 1 unspecified atom stereocenters. The van der Waals surface area contributed by atoms with Gasteiger partial charge < -0.3 is 10.6 Å². The van der Waals surface area contributed by atoms with Crippen LogP contribution in [0.2, 0.25) is 0 Å². The van der Waals surface area contributed by atoms with Gasteiger partial charge in [-0.25, -0.2) is 8.42 Å². The molecule has 2 rings (SSSR count). The Morgan fingerprint density at radius 2 is 1.89 bits per heavy atom. The summed E-state index contributed by atoms with van der Waals surface area (Å²) in [5.74, 6) is 0. The molecule has 0 radical (unpaired) electrons. The van der Waals surface area contributed by atoms with Gasteiger partial charge in [0.25, 0.3) is 0 Å². The highest BCUT2D eigenvalue weighted by molar-refractivity contribution is 7.89. The number of aryl methyl sites for hydroxylation is 1. The Morgan fingerprint density at radius 3 is 2.47 bits per heavy atom. The van der Waals surface area contributed by atoms with E-state index >= 15 is 0 Å². The van der Waals surface area contributed by atoms with Crippen LogP contribution >= 0.6 is 0 Å². The van der Waals surface area contributed by atoms with Gasteiger partial charge in [-0.3, -0.25) is 0 Å². The van der Waals surface area contributed by atoms with Crippen molar-refractivity contribution in [2.75, 3.05) is 33.2 Å². The van der Waals surface area contributed by atoms with Crippen molar-refractivity contribution in [2.24, 2.45) is 5.73 Å². The first-order valence-corrected chi connectivity index (χ1v) is 7.86. The molecule has 1 heterocycles. The van der Waals surface area contributed by atoms with Crippen molar-refractivity contribution in [3.8, 4) is 0 Å². The molecule has 5 nitrogen and oxygen atoms in total. The van der Waals surface area contributed by atoms with Crippen molar-refractivity contribution in [3.05, 3.63) is 29.8 Å². The molecule has 2 N–H and O–H groups in total. The summed E-state index contributed by atoms with van der Waals surface area (Å²) in [5, 5.41) is 0. The van der Waals surface area contributed by atoms with Gasteiger partial charge in [0.2, 0.25) is 10.0 Å². The number of piperazine rings is 1. The minimum atomic E-state index is -3.44. The van der Waals surface area contributed by atoms with Crippen LogP contribution in [0, 0.1) is 6.92 Å². The van der Waals surface area contributed by atoms with Gasteiger partial charge in [0.05, 0.1) is 10.9 Å². The molecule has 0 spiro atoms. The maximum Gasteiger partial charge on any atom is 0.243 e. The Balaban J connectivity index is 2.30. The number of hydrogen-bond acceptors (Lipinski definition) is 4. The second-order valence-corrected chi connectivity index (χ2v) is 6.97. The van der Waals surface area contributed by atoms with Crippen LogP contribution in [0.5, 0.6) is 0 Å². The van der Waals surface area contributed by atoms with E-state index in [0.29, 0.717) is 24.5 Å². The number of sulfonamides is 1. The van der Waals surface area contributed by atoms with E-state index < -0.39 is 10.0 Å². The predicted molar refractivity (Wildman–Crippen MR) is 75.4 cm³/mol. The molecule has 0 aromatic heterocycles. The molecule has 0 bridgehead atoms. The molecular formula is C13H21N3O2S. The highest BCUT2D eigenvalue weighted by atomic mass is 32.2. The van der Waals surface area contributed by atoms with Crippen LogP contribution in [0.4, 0.5) is 0 Å². The fourth-order valence-electron chi connectivity index (χ4n) is 2.35. The van der Waals surface area contributed by atoms with E-state index in [1.54, 1.807) is 12.1 Å². The van der Waals surface area contributed by atoms with E-state index in [9.17, 15) is 8.42 Å². The van der Waals surface area contributed by atoms with E-state index in [2.05, 4.69) is 4.90 Å². The van der Waals surface area contributed by atoms with Crippen molar-refractivity contribution in [2.45, 2.75) is 17.9 Å². The van der Waals surface area contributed by atoms with Gasteiger partial charge in [-0.1, -0.05) is 17.7 Å². The summed E-state index contributed by atoms with van der Waals surface area (Å²) < 4.78 is 26.8. The van der Waals surface area contributed by atoms with Crippen LogP contribution in [0.3, 0.4) is 0 Å². The van der Waals surface area contributed by atoms with Gasteiger partial charge in [0.1, 0.15) is 0 Å². The third-order valence-electron chi connectivity index (χ3n) is 3.53. The molecule has 0 amide bonds. The minimum absolute atomic E-state index is 0.148. The zero-order chi connectivity index (χ0) is 14.0. The van der Waals surface area contributed by atoms with Crippen molar-refractivity contribution in [1.82, 2.24) is 9.21 Å². The summed E-state index contributed by atoms with van der Waals surface area (Å²) >= 11 is 0. The van der Waals surface area contributed by atoms with Gasteiger partial charge in [-0.15, -0.1) is 0 Å². The number of nitrogens with two attached hydrogens (primary N) is 1. The summed E-state index contributed by atoms with van der Waals surface area (Å²) in [6, 6.07) is 6.82. The van der Waals surface area contributed by atoms with Crippen molar-refractivity contribution >= 4 is 10.0 Å². The number of likely N-dealkylation sites (N-methyl/N-ethyl adjacent to an activating group) is 1. The normalized spacial score (nSPS) is 22.6. The SMILES string of the molecule is Cc1ccc(S(=O)(=O)N2CCN(C)CC2CN)cc1. The van der Waals surface area contributed by atoms with Gasteiger partial charge in [0, 0.05) is 26.2 Å². The monoisotopic (exact) mass is 283 g/mol. The van der Waals surface area contributed by atoms with Crippen LogP contribution in [-0.2, 0) is 10.0 Å². The Bertz CT molecular complexity index is 527. The Hall–Kier alpha value is -0.950. The van der Waals surface area contributed by atoms with Crippen LogP contribution in [0.15, 0.2) is 29.2 Å². The maximum absolute atomic E-state index is 12.6. The first kappa shape index (κ1) is 14.5. The fraction of sp³-hybridized carbons (Fsp3) is 0.538. The second-order valence-electron chi connectivity index (χ2n) is 5.08. The molecule has 1 saturated heterocycles. The Morgan fingerprint density at radius 1 is 1.26 bits per heavy atom. The van der Waals surface area contributed by atoms with E-state index in [1.807, 2.05) is 26.1 Å². The largest absolute Gasteiger partial charge is 0.329 e. The number of benzene rings is 1. The lowest BCUT2D eigenvalue weighted by atomic mass is 10.2. The fourth-order valence-corrected chi connectivity index (χ4v) is 3.97. The summed E-state index contributed by atoms with van der Waals surface area (Å²) in [6.07, 6.45) is 0. The average Bonchev–Trinajstić information content (AvgIpc) is 2.38. The third-order valence-corrected chi connectivity index (χ3v) is 5.50. The number of hydrogen-bond donors (Lipinski definition) is 1. The molecule has 6 heteroatoms. The lowest BCUT2D eigenvalue weighted by Gasteiger charge is -2.38. The van der Waals surface area contributed by atoms with Gasteiger partial charge in [0.15, 0.2) is 0 Å². The highest BCUT2D eigenvalue weighted by Gasteiger charge is 2.34. The number of rotatable bonds is 3. The maximum atomic E-state index is 12.6. The molecule has 19 heavy (non-hydrogen) atoms. The standard InChI is InChI=1S/C13H21N3O2S/c1-11-3-5-13(6-4-11)19(17,18)16-8-7-15(2)10-12(16)9-14/h3-6,12H,7-10,14H2,1-2H3. The van der Waals surface area contributed by atoms with Crippen molar-refractivity contribution in [1.29, 1.82) is 0 Å².